The van der Waals surface area contributed by atoms with E-state index in [-0.39, 0.29) is 23.2 Å². The summed E-state index contributed by atoms with van der Waals surface area (Å²) < 4.78 is 20.8. The van der Waals surface area contributed by atoms with Crippen molar-refractivity contribution in [1.82, 2.24) is 10.3 Å². The van der Waals surface area contributed by atoms with Crippen molar-refractivity contribution in [3.05, 3.63) is 46.9 Å². The number of carbonyl (C=O) groups is 1. The van der Waals surface area contributed by atoms with Crippen LogP contribution in [0.1, 0.15) is 45.2 Å². The van der Waals surface area contributed by atoms with Crippen LogP contribution in [-0.4, -0.2) is 16.4 Å². The normalized spacial score (nSPS) is 12.6. The zero-order valence-electron chi connectivity index (χ0n) is 15.6. The molecule has 0 aliphatic carbocycles. The van der Waals surface area contributed by atoms with E-state index in [1.54, 1.807) is 24.3 Å². The van der Waals surface area contributed by atoms with Gasteiger partial charge in [0, 0.05) is 23.6 Å². The fraction of sp³-hybridized carbons (Fsp3) is 0.368. The van der Waals surface area contributed by atoms with Gasteiger partial charge in [-0.25, -0.2) is 9.37 Å². The Balaban J connectivity index is 2.33. The lowest BCUT2D eigenvalue weighted by Crippen LogP contribution is -2.44. The molecule has 146 valence electrons. The maximum absolute atomic E-state index is 15.2. The Morgan fingerprint density at radius 3 is 2.63 bits per heavy atom. The molecule has 0 saturated heterocycles. The molecule has 0 radical (unpaired) electrons. The number of nitrogens with one attached hydrogen (secondary N) is 1. The van der Waals surface area contributed by atoms with Crippen molar-refractivity contribution < 1.29 is 13.9 Å². The van der Waals surface area contributed by atoms with Crippen LogP contribution in [0.4, 0.5) is 10.2 Å². The molecule has 0 saturated carbocycles. The third-order valence-electron chi connectivity index (χ3n) is 4.02. The van der Waals surface area contributed by atoms with Crippen LogP contribution in [0.2, 0.25) is 5.02 Å². The number of hydrogen-bond acceptors (Lipinski definition) is 5. The molecule has 0 aliphatic heterocycles. The minimum Gasteiger partial charge on any atom is -0.451 e. The van der Waals surface area contributed by atoms with Crippen LogP contribution in [-0.2, 0) is 4.79 Å². The Bertz CT molecular complexity index is 812. The number of ether oxygens (including phenoxy) is 1. The molecule has 0 spiro atoms. The summed E-state index contributed by atoms with van der Waals surface area (Å²) in [5, 5.41) is 3.42. The van der Waals surface area contributed by atoms with Gasteiger partial charge in [0.2, 0.25) is 5.91 Å². The van der Waals surface area contributed by atoms with Crippen molar-refractivity contribution in [2.45, 2.75) is 45.2 Å². The molecule has 1 amide bonds. The number of nitrogens with two attached hydrogens (primary N) is 2. The fourth-order valence-corrected chi connectivity index (χ4v) is 3.02. The van der Waals surface area contributed by atoms with Crippen molar-refractivity contribution in [2.75, 3.05) is 5.73 Å². The second kappa shape index (κ2) is 8.54. The standard InChI is InChI=1S/C19H24ClFN4O2/c1-4-14(25-19(2,3)9-16(23)26)12-6-7-13(20)18(17(12)21)27-11-5-8-15(22)24-10-11/h5-8,10,14,25H,4,9H2,1-3H3,(H2,22,24)(H2,23,26)/t14-/m1/s1. The first kappa shape index (κ1) is 20.9. The van der Waals surface area contributed by atoms with E-state index in [4.69, 9.17) is 27.8 Å². The van der Waals surface area contributed by atoms with Crippen molar-refractivity contribution in [3.8, 4) is 11.5 Å². The van der Waals surface area contributed by atoms with E-state index in [0.29, 0.717) is 23.6 Å². The van der Waals surface area contributed by atoms with Crippen molar-refractivity contribution in [1.29, 1.82) is 0 Å². The van der Waals surface area contributed by atoms with E-state index in [1.807, 2.05) is 20.8 Å². The summed E-state index contributed by atoms with van der Waals surface area (Å²) in [4.78, 5) is 15.2. The number of aromatic nitrogens is 1. The van der Waals surface area contributed by atoms with Crippen LogP contribution in [0.15, 0.2) is 30.5 Å². The summed E-state index contributed by atoms with van der Waals surface area (Å²) in [6.45, 7) is 5.59. The van der Waals surface area contributed by atoms with Gasteiger partial charge in [-0.2, -0.15) is 0 Å². The highest BCUT2D eigenvalue weighted by Crippen LogP contribution is 2.37. The van der Waals surface area contributed by atoms with E-state index in [2.05, 4.69) is 10.3 Å². The number of amides is 1. The summed E-state index contributed by atoms with van der Waals surface area (Å²) >= 11 is 6.14. The highest BCUT2D eigenvalue weighted by molar-refractivity contribution is 6.32. The summed E-state index contributed by atoms with van der Waals surface area (Å²) in [6.07, 6.45) is 2.10. The maximum Gasteiger partial charge on any atom is 0.219 e. The fourth-order valence-electron chi connectivity index (χ4n) is 2.84. The van der Waals surface area contributed by atoms with E-state index >= 15 is 4.39 Å². The second-order valence-corrected chi connectivity index (χ2v) is 7.34. The molecule has 27 heavy (non-hydrogen) atoms. The van der Waals surface area contributed by atoms with Crippen LogP contribution < -0.4 is 21.5 Å². The highest BCUT2D eigenvalue weighted by atomic mass is 35.5. The molecule has 1 aromatic carbocycles. The first-order valence-electron chi connectivity index (χ1n) is 8.56. The lowest BCUT2D eigenvalue weighted by molar-refractivity contribution is -0.119. The number of anilines is 1. The van der Waals surface area contributed by atoms with Crippen LogP contribution in [0.25, 0.3) is 0 Å². The SMILES string of the molecule is CC[C@@H](NC(C)(C)CC(N)=O)c1ccc(Cl)c(Oc2ccc(N)nc2)c1F. The molecular weight excluding hydrogens is 371 g/mol. The van der Waals surface area contributed by atoms with E-state index in [1.165, 1.54) is 6.20 Å². The average molecular weight is 395 g/mol. The lowest BCUT2D eigenvalue weighted by Gasteiger charge is -2.31. The molecule has 0 unspecified atom stereocenters. The Morgan fingerprint density at radius 2 is 2.07 bits per heavy atom. The highest BCUT2D eigenvalue weighted by Gasteiger charge is 2.27. The first-order valence-corrected chi connectivity index (χ1v) is 8.94. The van der Waals surface area contributed by atoms with Crippen molar-refractivity contribution in [2.24, 2.45) is 5.73 Å². The summed E-state index contributed by atoms with van der Waals surface area (Å²) in [7, 11) is 0. The van der Waals surface area contributed by atoms with Gasteiger partial charge >= 0.3 is 0 Å². The largest absolute Gasteiger partial charge is 0.451 e. The Labute approximate surface area is 163 Å². The third-order valence-corrected chi connectivity index (χ3v) is 4.32. The van der Waals surface area contributed by atoms with E-state index in [0.717, 1.165) is 0 Å². The predicted octanol–water partition coefficient (Wildman–Crippen LogP) is 3.94. The summed E-state index contributed by atoms with van der Waals surface area (Å²) in [6, 6.07) is 5.95. The summed E-state index contributed by atoms with van der Waals surface area (Å²) in [5.41, 5.74) is 10.6. The molecule has 0 aliphatic rings. The molecule has 1 heterocycles. The van der Waals surface area contributed by atoms with E-state index < -0.39 is 17.3 Å². The first-order chi connectivity index (χ1) is 12.6. The van der Waals surface area contributed by atoms with Gasteiger partial charge in [0.25, 0.3) is 0 Å². The molecule has 0 fully saturated rings. The van der Waals surface area contributed by atoms with Crippen LogP contribution in [0.3, 0.4) is 0 Å². The number of primary amides is 1. The van der Waals surface area contributed by atoms with Crippen LogP contribution >= 0.6 is 11.6 Å². The third kappa shape index (κ3) is 5.55. The molecular formula is C19H24ClFN4O2. The van der Waals surface area contributed by atoms with Gasteiger partial charge in [-0.15, -0.1) is 0 Å². The van der Waals surface area contributed by atoms with Gasteiger partial charge < -0.3 is 21.5 Å². The maximum atomic E-state index is 15.2. The van der Waals surface area contributed by atoms with Crippen molar-refractivity contribution in [3.63, 3.8) is 0 Å². The minimum absolute atomic E-state index is 0.0892. The zero-order chi connectivity index (χ0) is 20.2. The smallest absolute Gasteiger partial charge is 0.219 e. The Kier molecular flexibility index (Phi) is 6.62. The van der Waals surface area contributed by atoms with Gasteiger partial charge in [0.15, 0.2) is 11.6 Å². The zero-order valence-corrected chi connectivity index (χ0v) is 16.3. The number of nitrogens with zero attached hydrogens (tertiary/aromatic N) is 1. The topological polar surface area (TPSA) is 103 Å². The van der Waals surface area contributed by atoms with Gasteiger partial charge in [-0.05, 0) is 38.5 Å². The quantitative estimate of drug-likeness (QED) is 0.629. The monoisotopic (exact) mass is 394 g/mol. The molecule has 2 aromatic rings. The molecule has 0 bridgehead atoms. The second-order valence-electron chi connectivity index (χ2n) is 6.93. The number of rotatable bonds is 8. The Morgan fingerprint density at radius 1 is 1.37 bits per heavy atom. The van der Waals surface area contributed by atoms with Gasteiger partial charge in [-0.1, -0.05) is 24.6 Å². The minimum atomic E-state index is -0.597. The molecule has 2 rings (SSSR count). The number of carbonyl (C=O) groups excluding carboxylic acids is 1. The number of benzene rings is 1. The van der Waals surface area contributed by atoms with Gasteiger partial charge in [0.05, 0.1) is 11.2 Å². The molecule has 6 nitrogen and oxygen atoms in total. The number of pyridine rings is 1. The molecule has 5 N–H and O–H groups in total. The van der Waals surface area contributed by atoms with Gasteiger partial charge in [-0.3, -0.25) is 4.79 Å². The average Bonchev–Trinajstić information content (AvgIpc) is 2.57. The number of halogens is 2. The van der Waals surface area contributed by atoms with Crippen LogP contribution in [0, 0.1) is 5.82 Å². The predicted molar refractivity (Wildman–Crippen MR) is 104 cm³/mol. The van der Waals surface area contributed by atoms with Crippen molar-refractivity contribution >= 4 is 23.3 Å². The Hall–Kier alpha value is -2.38. The molecule has 1 atom stereocenters. The van der Waals surface area contributed by atoms with Crippen LogP contribution in [0.5, 0.6) is 11.5 Å². The van der Waals surface area contributed by atoms with E-state index in [9.17, 15) is 4.79 Å². The molecule has 1 aromatic heterocycles. The number of nitrogen functional groups attached to an aromatic ring is 1. The number of hydrogen-bond donors (Lipinski definition) is 3. The van der Waals surface area contributed by atoms with Gasteiger partial charge in [0.1, 0.15) is 11.6 Å². The lowest BCUT2D eigenvalue weighted by atomic mass is 9.95. The summed E-state index contributed by atoms with van der Waals surface area (Å²) in [5.74, 6) is -0.451. The molecule has 8 heteroatoms.